The summed E-state index contributed by atoms with van der Waals surface area (Å²) in [4.78, 5) is 0. The molecule has 0 saturated carbocycles. The van der Waals surface area contributed by atoms with Crippen LogP contribution in [-0.2, 0) is 0 Å². The van der Waals surface area contributed by atoms with Crippen molar-refractivity contribution in [1.29, 1.82) is 0 Å². The molecule has 0 fully saturated rings. The molecule has 0 amide bonds. The van der Waals surface area contributed by atoms with E-state index in [1.807, 2.05) is 0 Å². The fraction of sp³-hybridized carbons (Fsp3) is 1.00. The molecule has 2 nitrogen and oxygen atoms in total. The van der Waals surface area contributed by atoms with Crippen LogP contribution in [-0.4, -0.2) is 16.5 Å². The molecule has 0 aromatic carbocycles. The van der Waals surface area contributed by atoms with Crippen molar-refractivity contribution >= 4 is 0 Å². The molecule has 0 aliphatic rings. The molecular weight excluding hydrogens is 464 g/mol. The van der Waals surface area contributed by atoms with E-state index >= 15 is 0 Å². The summed E-state index contributed by atoms with van der Waals surface area (Å²) in [5.74, 6) is 1.90. The van der Waals surface area contributed by atoms with Gasteiger partial charge in [-0.05, 0) is 24.7 Å². The Hall–Kier alpha value is -0.0800. The van der Waals surface area contributed by atoms with Gasteiger partial charge in [-0.1, -0.05) is 201 Å². The van der Waals surface area contributed by atoms with Crippen LogP contribution in [0.3, 0.4) is 0 Å². The van der Waals surface area contributed by atoms with E-state index in [0.717, 1.165) is 24.7 Å². The van der Waals surface area contributed by atoms with Gasteiger partial charge in [-0.3, -0.25) is 0 Å². The molecule has 0 aliphatic heterocycles. The predicted molar refractivity (Wildman–Crippen MR) is 171 cm³/mol. The largest absolute Gasteiger partial charge is 0.368 e. The van der Waals surface area contributed by atoms with Gasteiger partial charge in [-0.25, -0.2) is 0 Å². The van der Waals surface area contributed by atoms with Crippen molar-refractivity contribution in [2.24, 2.45) is 11.8 Å². The molecule has 38 heavy (non-hydrogen) atoms. The van der Waals surface area contributed by atoms with E-state index in [0.29, 0.717) is 6.42 Å². The lowest BCUT2D eigenvalue weighted by molar-refractivity contribution is -0.0466. The first-order valence-corrected chi connectivity index (χ1v) is 18.0. The van der Waals surface area contributed by atoms with Gasteiger partial charge in [-0.15, -0.1) is 0 Å². The van der Waals surface area contributed by atoms with Crippen molar-refractivity contribution < 1.29 is 10.2 Å². The second kappa shape index (κ2) is 31.4. The molecule has 2 heteroatoms. The van der Waals surface area contributed by atoms with E-state index in [4.69, 9.17) is 10.2 Å². The molecular formula is C36H74O2. The molecule has 0 aromatic rings. The Bertz CT molecular complexity index is 422. The van der Waals surface area contributed by atoms with Crippen LogP contribution >= 0.6 is 0 Å². The van der Waals surface area contributed by atoms with Gasteiger partial charge in [0.2, 0.25) is 0 Å². The topological polar surface area (TPSA) is 40.5 Å². The Morgan fingerprint density at radius 1 is 0.289 bits per heavy atom. The number of hydrogen-bond acceptors (Lipinski definition) is 2. The highest BCUT2D eigenvalue weighted by atomic mass is 16.5. The summed E-state index contributed by atoms with van der Waals surface area (Å²) in [6.45, 7) is 6.95. The Kier molecular flexibility index (Phi) is 31.4. The lowest BCUT2D eigenvalue weighted by Gasteiger charge is -2.28. The van der Waals surface area contributed by atoms with E-state index in [-0.39, 0.29) is 0 Å². The van der Waals surface area contributed by atoms with Crippen molar-refractivity contribution in [2.45, 2.75) is 220 Å². The average Bonchev–Trinajstić information content (AvgIpc) is 2.91. The van der Waals surface area contributed by atoms with Gasteiger partial charge < -0.3 is 10.2 Å². The summed E-state index contributed by atoms with van der Waals surface area (Å²) < 4.78 is 0. The van der Waals surface area contributed by atoms with Gasteiger partial charge in [0.05, 0.1) is 0 Å². The van der Waals surface area contributed by atoms with Crippen LogP contribution in [0, 0.1) is 11.8 Å². The molecule has 2 N–H and O–H groups in total. The molecule has 0 radical (unpaired) electrons. The van der Waals surface area contributed by atoms with Crippen LogP contribution in [0.1, 0.15) is 213 Å². The van der Waals surface area contributed by atoms with Gasteiger partial charge in [0.25, 0.3) is 0 Å². The highest BCUT2D eigenvalue weighted by Crippen LogP contribution is 2.33. The quantitative estimate of drug-likeness (QED) is 0.0660. The third-order valence-corrected chi connectivity index (χ3v) is 8.99. The molecule has 0 aliphatic carbocycles. The Morgan fingerprint density at radius 3 is 0.737 bits per heavy atom. The normalized spacial score (nSPS) is 13.4. The molecule has 0 heterocycles. The molecule has 0 rings (SSSR count). The lowest BCUT2D eigenvalue weighted by Crippen LogP contribution is -2.16. The fourth-order valence-corrected chi connectivity index (χ4v) is 6.41. The minimum atomic E-state index is -1.12. The van der Waals surface area contributed by atoms with Crippen LogP contribution in [0.5, 0.6) is 0 Å². The molecule has 230 valence electrons. The molecule has 2 unspecified atom stereocenters. The third-order valence-electron chi connectivity index (χ3n) is 8.99. The minimum absolute atomic E-state index is 0.541. The maximum Gasteiger partial charge on any atom is 0.151 e. The third kappa shape index (κ3) is 27.5. The molecule has 2 atom stereocenters. The molecule has 0 saturated heterocycles. The van der Waals surface area contributed by atoms with E-state index in [1.54, 1.807) is 0 Å². The molecule has 0 aromatic heterocycles. The Balaban J connectivity index is 4.72. The summed E-state index contributed by atoms with van der Waals surface area (Å²) in [5.41, 5.74) is 0. The van der Waals surface area contributed by atoms with E-state index in [2.05, 4.69) is 20.8 Å². The standard InChI is InChI=1S/C36H74O2/c1-4-7-10-13-16-20-25-30-34(29-24-19-15-12-9-6-3)35(31-26-21-17-14-11-8-5-2)32-27-22-18-23-28-33-36(37)38/h34-38H,4-33H2,1-3H3. The van der Waals surface area contributed by atoms with Crippen LogP contribution < -0.4 is 0 Å². The zero-order chi connectivity index (χ0) is 27.9. The number of aliphatic hydroxyl groups is 2. The van der Waals surface area contributed by atoms with Gasteiger partial charge >= 0.3 is 0 Å². The Labute approximate surface area is 241 Å². The van der Waals surface area contributed by atoms with Crippen LogP contribution in [0.2, 0.25) is 0 Å². The van der Waals surface area contributed by atoms with Gasteiger partial charge in [0.1, 0.15) is 0 Å². The lowest BCUT2D eigenvalue weighted by atomic mass is 9.78. The van der Waals surface area contributed by atoms with Crippen LogP contribution in [0.25, 0.3) is 0 Å². The second-order valence-corrected chi connectivity index (χ2v) is 12.7. The summed E-state index contributed by atoms with van der Waals surface area (Å²) in [7, 11) is 0. The highest BCUT2D eigenvalue weighted by molar-refractivity contribution is 4.72. The van der Waals surface area contributed by atoms with Gasteiger partial charge in [0.15, 0.2) is 6.29 Å². The highest BCUT2D eigenvalue weighted by Gasteiger charge is 2.20. The van der Waals surface area contributed by atoms with Crippen molar-refractivity contribution in [2.75, 3.05) is 0 Å². The maximum absolute atomic E-state index is 9.08. The average molecular weight is 539 g/mol. The molecule has 0 spiro atoms. The van der Waals surface area contributed by atoms with Crippen molar-refractivity contribution in [1.82, 2.24) is 0 Å². The number of rotatable bonds is 32. The zero-order valence-electron chi connectivity index (χ0n) is 26.8. The summed E-state index contributed by atoms with van der Waals surface area (Å²) in [6.07, 6.45) is 40.0. The monoisotopic (exact) mass is 539 g/mol. The van der Waals surface area contributed by atoms with Crippen LogP contribution in [0.15, 0.2) is 0 Å². The number of aliphatic hydroxyl groups excluding tert-OH is 1. The predicted octanol–water partition coefficient (Wildman–Crippen LogP) is 12.3. The van der Waals surface area contributed by atoms with Crippen molar-refractivity contribution in [3.05, 3.63) is 0 Å². The van der Waals surface area contributed by atoms with E-state index in [9.17, 15) is 0 Å². The summed E-state index contributed by atoms with van der Waals surface area (Å²) >= 11 is 0. The Morgan fingerprint density at radius 2 is 0.500 bits per heavy atom. The van der Waals surface area contributed by atoms with E-state index in [1.165, 1.54) is 173 Å². The first kappa shape index (κ1) is 37.9. The van der Waals surface area contributed by atoms with Crippen LogP contribution in [0.4, 0.5) is 0 Å². The first-order chi connectivity index (χ1) is 18.7. The van der Waals surface area contributed by atoms with Gasteiger partial charge in [0, 0.05) is 0 Å². The van der Waals surface area contributed by atoms with Crippen molar-refractivity contribution in [3.8, 4) is 0 Å². The minimum Gasteiger partial charge on any atom is -0.368 e. The SMILES string of the molecule is CCCCCCCCCC(CCCCCCCC)C(CCCCCCCCC)CCCCCCCC(O)O. The molecule has 0 bridgehead atoms. The number of hydrogen-bond donors (Lipinski definition) is 2. The summed E-state index contributed by atoms with van der Waals surface area (Å²) in [6, 6.07) is 0. The second-order valence-electron chi connectivity index (χ2n) is 12.7. The van der Waals surface area contributed by atoms with Crippen molar-refractivity contribution in [3.63, 3.8) is 0 Å². The zero-order valence-corrected chi connectivity index (χ0v) is 26.8. The first-order valence-electron chi connectivity index (χ1n) is 18.0. The summed E-state index contributed by atoms with van der Waals surface area (Å²) in [5, 5.41) is 18.2. The smallest absolute Gasteiger partial charge is 0.151 e. The maximum atomic E-state index is 9.08. The van der Waals surface area contributed by atoms with Gasteiger partial charge in [-0.2, -0.15) is 0 Å². The fourth-order valence-electron chi connectivity index (χ4n) is 6.41. The van der Waals surface area contributed by atoms with E-state index < -0.39 is 6.29 Å². The number of unbranched alkanes of at least 4 members (excludes halogenated alkanes) is 21.